The molecule has 0 bridgehead atoms. The Morgan fingerprint density at radius 2 is 1.55 bits per heavy atom. The maximum absolute atomic E-state index is 12.0. The van der Waals surface area contributed by atoms with Crippen LogP contribution in [-0.4, -0.2) is 74.7 Å². The fourth-order valence-electron chi connectivity index (χ4n) is 6.35. The molecule has 1 saturated carbocycles. The summed E-state index contributed by atoms with van der Waals surface area (Å²) in [6.45, 7) is 6.17. The van der Waals surface area contributed by atoms with Gasteiger partial charge in [-0.15, -0.1) is 0 Å². The number of nitrogen functional groups attached to an aromatic ring is 1. The van der Waals surface area contributed by atoms with Gasteiger partial charge >= 0.3 is 0 Å². The van der Waals surface area contributed by atoms with E-state index < -0.39 is 0 Å². The zero-order valence-electron chi connectivity index (χ0n) is 23.3. The predicted molar refractivity (Wildman–Crippen MR) is 158 cm³/mol. The average molecular weight is 539 g/mol. The number of carbonyl (C=O) groups is 1. The molecule has 6 rings (SSSR count). The molecule has 2 aromatic carbocycles. The van der Waals surface area contributed by atoms with E-state index in [0.717, 1.165) is 72.4 Å². The number of anilines is 1. The zero-order chi connectivity index (χ0) is 27.6. The quantitative estimate of drug-likeness (QED) is 0.382. The summed E-state index contributed by atoms with van der Waals surface area (Å²) in [5, 5.41) is 9.00. The molecule has 3 N–H and O–H groups in total. The topological polar surface area (TPSA) is 105 Å². The Morgan fingerprint density at radius 3 is 2.23 bits per heavy atom. The smallest absolute Gasteiger partial charge is 0.217 e. The molecule has 40 heavy (non-hydrogen) atoms. The molecule has 3 heterocycles. The van der Waals surface area contributed by atoms with E-state index >= 15 is 0 Å². The van der Waals surface area contributed by atoms with Crippen molar-refractivity contribution in [2.75, 3.05) is 39.0 Å². The molecule has 9 nitrogen and oxygen atoms in total. The normalized spacial score (nSPS) is 21.4. The molecule has 4 aromatic rings. The van der Waals surface area contributed by atoms with Crippen molar-refractivity contribution >= 4 is 22.8 Å². The number of aromatic nitrogens is 4. The summed E-state index contributed by atoms with van der Waals surface area (Å²) in [4.78, 5) is 26.0. The van der Waals surface area contributed by atoms with Crippen molar-refractivity contribution in [2.45, 2.75) is 50.7 Å². The number of nitrogens with one attached hydrogen (secondary N) is 1. The molecule has 2 aromatic heterocycles. The number of hydrogen-bond donors (Lipinski definition) is 2. The number of hydrogen-bond acceptors (Lipinski definition) is 7. The number of carbonyl (C=O) groups excluding carboxylic acids is 1. The Kier molecular flexibility index (Phi) is 7.49. The second kappa shape index (κ2) is 11.3. The van der Waals surface area contributed by atoms with Crippen LogP contribution in [0.1, 0.15) is 55.8 Å². The molecule has 1 unspecified atom stereocenters. The van der Waals surface area contributed by atoms with Crippen LogP contribution < -0.4 is 11.1 Å². The second-order valence-corrected chi connectivity index (χ2v) is 11.2. The first-order chi connectivity index (χ1) is 19.5. The van der Waals surface area contributed by atoms with Gasteiger partial charge in [0.1, 0.15) is 17.8 Å². The third-order valence-corrected chi connectivity index (χ3v) is 8.58. The predicted octanol–water partition coefficient (Wildman–Crippen LogP) is 4.03. The maximum Gasteiger partial charge on any atom is 0.217 e. The van der Waals surface area contributed by atoms with Crippen LogP contribution in [0.2, 0.25) is 0 Å². The molecule has 1 atom stereocenters. The Labute approximate surface area is 235 Å². The van der Waals surface area contributed by atoms with Gasteiger partial charge in [-0.25, -0.2) is 14.6 Å². The van der Waals surface area contributed by atoms with Gasteiger partial charge in [-0.05, 0) is 43.9 Å². The number of benzene rings is 2. The summed E-state index contributed by atoms with van der Waals surface area (Å²) in [5.41, 5.74) is 11.0. The zero-order valence-corrected chi connectivity index (χ0v) is 23.3. The summed E-state index contributed by atoms with van der Waals surface area (Å²) in [7, 11) is 2.21. The van der Waals surface area contributed by atoms with Gasteiger partial charge in [0.05, 0.1) is 17.5 Å². The van der Waals surface area contributed by atoms with E-state index in [1.807, 2.05) is 30.3 Å². The summed E-state index contributed by atoms with van der Waals surface area (Å²) in [5.74, 6) is 0.372. The van der Waals surface area contributed by atoms with Gasteiger partial charge in [0.15, 0.2) is 5.65 Å². The lowest BCUT2D eigenvalue weighted by Crippen LogP contribution is -2.49. The summed E-state index contributed by atoms with van der Waals surface area (Å²) < 4.78 is 2.10. The molecule has 0 radical (unpaired) electrons. The van der Waals surface area contributed by atoms with Gasteiger partial charge in [-0.1, -0.05) is 54.6 Å². The summed E-state index contributed by atoms with van der Waals surface area (Å²) in [6, 6.07) is 18.9. The van der Waals surface area contributed by atoms with Crippen molar-refractivity contribution in [2.24, 2.45) is 0 Å². The van der Waals surface area contributed by atoms with E-state index in [2.05, 4.69) is 61.1 Å². The molecule has 9 heteroatoms. The Hall–Kier alpha value is -3.82. The first kappa shape index (κ1) is 26.4. The van der Waals surface area contributed by atoms with Gasteiger partial charge in [-0.2, -0.15) is 5.10 Å². The third kappa shape index (κ3) is 5.31. The number of piperazine rings is 1. The largest absolute Gasteiger partial charge is 0.383 e. The lowest BCUT2D eigenvalue weighted by Gasteiger charge is -2.41. The van der Waals surface area contributed by atoms with Gasteiger partial charge < -0.3 is 16.0 Å². The lowest BCUT2D eigenvalue weighted by molar-refractivity contribution is -0.119. The highest BCUT2D eigenvalue weighted by Crippen LogP contribution is 2.37. The molecule has 1 aliphatic carbocycles. The van der Waals surface area contributed by atoms with E-state index in [0.29, 0.717) is 11.9 Å². The minimum atomic E-state index is -0.231. The van der Waals surface area contributed by atoms with Gasteiger partial charge in [0.2, 0.25) is 5.91 Å². The van der Waals surface area contributed by atoms with E-state index in [9.17, 15) is 4.79 Å². The van der Waals surface area contributed by atoms with Crippen LogP contribution in [0.4, 0.5) is 5.82 Å². The molecule has 1 amide bonds. The number of rotatable bonds is 6. The monoisotopic (exact) mass is 538 g/mol. The van der Waals surface area contributed by atoms with Crippen LogP contribution in [0, 0.1) is 0 Å². The first-order valence-corrected chi connectivity index (χ1v) is 14.3. The van der Waals surface area contributed by atoms with Crippen molar-refractivity contribution < 1.29 is 4.79 Å². The van der Waals surface area contributed by atoms with Gasteiger partial charge in [-0.3, -0.25) is 9.69 Å². The fourth-order valence-corrected chi connectivity index (χ4v) is 6.35. The van der Waals surface area contributed by atoms with Crippen molar-refractivity contribution in [1.82, 2.24) is 34.9 Å². The van der Waals surface area contributed by atoms with Crippen molar-refractivity contribution in [3.63, 3.8) is 0 Å². The minimum Gasteiger partial charge on any atom is -0.383 e. The molecule has 1 aliphatic heterocycles. The third-order valence-electron chi connectivity index (χ3n) is 8.58. The van der Waals surface area contributed by atoms with Crippen LogP contribution in [0.15, 0.2) is 60.9 Å². The lowest BCUT2D eigenvalue weighted by atomic mass is 9.90. The summed E-state index contributed by atoms with van der Waals surface area (Å²) in [6.07, 6.45) is 6.03. The molecule has 0 spiro atoms. The van der Waals surface area contributed by atoms with Gasteiger partial charge in [0, 0.05) is 44.7 Å². The van der Waals surface area contributed by atoms with Crippen molar-refractivity contribution in [1.29, 1.82) is 0 Å². The number of nitrogens with two attached hydrogens (primary N) is 1. The van der Waals surface area contributed by atoms with Crippen molar-refractivity contribution in [3.8, 4) is 11.3 Å². The Bertz CT molecular complexity index is 1450. The Balaban J connectivity index is 1.27. The SMILES string of the molecule is CC(=O)NC(c1ccccc1)c1ccc(-c2nn(C3CCC(N4CCN(C)CC4)CC3)c3ncnc(N)c23)cc1. The molecule has 208 valence electrons. The molecule has 2 aliphatic rings. The fraction of sp³-hybridized carbons (Fsp3) is 0.419. The molecule has 2 fully saturated rings. The van der Waals surface area contributed by atoms with E-state index in [1.54, 1.807) is 6.92 Å². The maximum atomic E-state index is 12.0. The van der Waals surface area contributed by atoms with Crippen LogP contribution in [-0.2, 0) is 4.79 Å². The highest BCUT2D eigenvalue weighted by atomic mass is 16.1. The van der Waals surface area contributed by atoms with Crippen LogP contribution in [0.25, 0.3) is 22.3 Å². The molecular formula is C31H38N8O. The first-order valence-electron chi connectivity index (χ1n) is 14.3. The average Bonchev–Trinajstić information content (AvgIpc) is 3.38. The van der Waals surface area contributed by atoms with E-state index in [-0.39, 0.29) is 18.0 Å². The van der Waals surface area contributed by atoms with E-state index in [4.69, 9.17) is 10.8 Å². The van der Waals surface area contributed by atoms with Crippen molar-refractivity contribution in [3.05, 3.63) is 72.1 Å². The highest BCUT2D eigenvalue weighted by Gasteiger charge is 2.30. The van der Waals surface area contributed by atoms with Gasteiger partial charge in [0.25, 0.3) is 0 Å². The van der Waals surface area contributed by atoms with E-state index in [1.165, 1.54) is 19.2 Å². The standard InChI is InChI=1S/C31H38N8O/c1-21(40)35-28(22-6-4-3-5-7-22)23-8-10-24(11-9-23)29-27-30(32)33-20-34-31(27)39(36-29)26-14-12-25(13-15-26)38-18-16-37(2)17-19-38/h3-11,20,25-26,28H,12-19H2,1-2H3,(H,35,40)(H2,32,33,34). The highest BCUT2D eigenvalue weighted by molar-refractivity contribution is 5.98. The molecule has 1 saturated heterocycles. The number of fused-ring (bicyclic) bond motifs is 1. The van der Waals surface area contributed by atoms with Crippen LogP contribution >= 0.6 is 0 Å². The van der Waals surface area contributed by atoms with Crippen LogP contribution in [0.3, 0.4) is 0 Å². The summed E-state index contributed by atoms with van der Waals surface area (Å²) >= 11 is 0. The number of likely N-dealkylation sites (N-methyl/N-ethyl adjacent to an activating group) is 1. The molecular weight excluding hydrogens is 500 g/mol. The van der Waals surface area contributed by atoms with Crippen LogP contribution in [0.5, 0.6) is 0 Å². The minimum absolute atomic E-state index is 0.0741. The Morgan fingerprint density at radius 1 is 0.900 bits per heavy atom. The second-order valence-electron chi connectivity index (χ2n) is 11.2. The number of amides is 1. The number of nitrogens with zero attached hydrogens (tertiary/aromatic N) is 6.